The van der Waals surface area contributed by atoms with Crippen LogP contribution in [0.3, 0.4) is 0 Å². The van der Waals surface area contributed by atoms with Crippen LogP contribution in [-0.4, -0.2) is 22.3 Å². The van der Waals surface area contributed by atoms with Crippen LogP contribution >= 0.6 is 11.6 Å². The van der Waals surface area contributed by atoms with Gasteiger partial charge in [0.15, 0.2) is 11.6 Å². The number of rotatable bonds is 11. The Balaban J connectivity index is 0.000000978. The summed E-state index contributed by atoms with van der Waals surface area (Å²) >= 11 is 6.86. The summed E-state index contributed by atoms with van der Waals surface area (Å²) in [6.45, 7) is 17.0. The highest BCUT2D eigenvalue weighted by Gasteiger charge is 2.41. The molecule has 1 heterocycles. The molecule has 0 aliphatic carbocycles. The van der Waals surface area contributed by atoms with Crippen molar-refractivity contribution in [3.63, 3.8) is 0 Å². The van der Waals surface area contributed by atoms with Crippen LogP contribution in [0.4, 0.5) is 4.39 Å². The van der Waals surface area contributed by atoms with E-state index in [0.717, 1.165) is 36.5 Å². The minimum Gasteiger partial charge on any atom is -0.508 e. The van der Waals surface area contributed by atoms with Gasteiger partial charge in [0.25, 0.3) is 0 Å². The number of hydrogen-bond acceptors (Lipinski definition) is 4. The zero-order valence-electron chi connectivity index (χ0n) is 26.6. The summed E-state index contributed by atoms with van der Waals surface area (Å²) in [5.74, 6) is 0.388. The summed E-state index contributed by atoms with van der Waals surface area (Å²) in [4.78, 5) is 23.2. The van der Waals surface area contributed by atoms with Crippen LogP contribution in [0.5, 0.6) is 5.75 Å². The number of allylic oxidation sites excluding steroid dienone is 3. The lowest BCUT2D eigenvalue weighted by molar-refractivity contribution is -0.123. The fourth-order valence-corrected chi connectivity index (χ4v) is 6.04. The molecule has 0 spiro atoms. The number of phenols is 1. The number of ketones is 2. The van der Waals surface area contributed by atoms with Gasteiger partial charge < -0.3 is 9.84 Å². The molecule has 4 nitrogen and oxygen atoms in total. The molecule has 1 aliphatic rings. The molecule has 0 fully saturated rings. The van der Waals surface area contributed by atoms with Crippen molar-refractivity contribution in [2.75, 3.05) is 0 Å². The van der Waals surface area contributed by atoms with Gasteiger partial charge >= 0.3 is 0 Å². The summed E-state index contributed by atoms with van der Waals surface area (Å²) in [6.07, 6.45) is 7.45. The van der Waals surface area contributed by atoms with Crippen molar-refractivity contribution < 1.29 is 23.8 Å². The van der Waals surface area contributed by atoms with E-state index in [1.165, 1.54) is 19.1 Å². The minimum absolute atomic E-state index is 0.0185. The zero-order chi connectivity index (χ0) is 32.6. The summed E-state index contributed by atoms with van der Waals surface area (Å²) in [5, 5.41) is 12.2. The SMILES string of the molecule is C=CC(C)=O.C=CC1=C(c2cc(Cl)c(-c3cc(O)cc4ccccc34)c(F)c2CCC)OC(CCC)(CCC(C)C)CC1=O. The molecule has 1 aliphatic heterocycles. The van der Waals surface area contributed by atoms with Crippen molar-refractivity contribution in [3.8, 4) is 16.9 Å². The molecule has 234 valence electrons. The number of aromatic hydroxyl groups is 1. The molecule has 0 bridgehead atoms. The van der Waals surface area contributed by atoms with E-state index in [2.05, 4.69) is 33.9 Å². The molecule has 1 atom stereocenters. The van der Waals surface area contributed by atoms with E-state index in [1.54, 1.807) is 18.2 Å². The number of Topliss-reactive ketones (excluding diaryl/α,β-unsaturated/α-hetero) is 1. The molecule has 0 saturated heterocycles. The Kier molecular flexibility index (Phi) is 12.1. The highest BCUT2D eigenvalue weighted by Crippen LogP contribution is 2.46. The molecular formula is C38H44ClFO4. The molecule has 3 aromatic carbocycles. The predicted octanol–water partition coefficient (Wildman–Crippen LogP) is 10.6. The molecular weight excluding hydrogens is 575 g/mol. The number of ether oxygens (including phenoxy) is 1. The molecule has 1 N–H and O–H groups in total. The van der Waals surface area contributed by atoms with E-state index in [-0.39, 0.29) is 34.3 Å². The third kappa shape index (κ3) is 7.87. The maximum absolute atomic E-state index is 16.6. The molecule has 6 heteroatoms. The summed E-state index contributed by atoms with van der Waals surface area (Å²) in [5.41, 5.74) is 1.42. The Hall–Kier alpha value is -3.70. The average molecular weight is 619 g/mol. The number of fused-ring (bicyclic) bond motifs is 1. The van der Waals surface area contributed by atoms with Gasteiger partial charge in [0.2, 0.25) is 0 Å². The lowest BCUT2D eigenvalue weighted by Gasteiger charge is -2.40. The summed E-state index contributed by atoms with van der Waals surface area (Å²) < 4.78 is 23.4. The van der Waals surface area contributed by atoms with Crippen LogP contribution in [-0.2, 0) is 20.7 Å². The Bertz CT molecular complexity index is 1590. The van der Waals surface area contributed by atoms with Crippen LogP contribution in [0.15, 0.2) is 73.3 Å². The van der Waals surface area contributed by atoms with Crippen LogP contribution in [0.2, 0.25) is 5.02 Å². The molecule has 3 aromatic rings. The Morgan fingerprint density at radius 2 is 1.80 bits per heavy atom. The van der Waals surface area contributed by atoms with Gasteiger partial charge in [-0.15, -0.1) is 0 Å². The highest BCUT2D eigenvalue weighted by atomic mass is 35.5. The van der Waals surface area contributed by atoms with Crippen LogP contribution < -0.4 is 0 Å². The lowest BCUT2D eigenvalue weighted by atomic mass is 9.80. The first-order valence-electron chi connectivity index (χ1n) is 15.4. The summed E-state index contributed by atoms with van der Waals surface area (Å²) in [7, 11) is 0. The van der Waals surface area contributed by atoms with Gasteiger partial charge in [-0.25, -0.2) is 4.39 Å². The Morgan fingerprint density at radius 3 is 2.39 bits per heavy atom. The number of carbonyl (C=O) groups excluding carboxylic acids is 2. The fourth-order valence-electron chi connectivity index (χ4n) is 5.75. The lowest BCUT2D eigenvalue weighted by Crippen LogP contribution is -2.39. The Labute approximate surface area is 266 Å². The molecule has 44 heavy (non-hydrogen) atoms. The van der Waals surface area contributed by atoms with Crippen molar-refractivity contribution in [1.29, 1.82) is 0 Å². The van der Waals surface area contributed by atoms with Crippen molar-refractivity contribution >= 4 is 39.7 Å². The van der Waals surface area contributed by atoms with Crippen molar-refractivity contribution in [3.05, 3.63) is 95.3 Å². The zero-order valence-corrected chi connectivity index (χ0v) is 27.3. The molecule has 0 saturated carbocycles. The molecule has 0 radical (unpaired) electrons. The number of benzene rings is 3. The van der Waals surface area contributed by atoms with Gasteiger partial charge in [-0.05, 0) is 84.7 Å². The van der Waals surface area contributed by atoms with Gasteiger partial charge in [0.05, 0.1) is 17.0 Å². The monoisotopic (exact) mass is 618 g/mol. The van der Waals surface area contributed by atoms with E-state index < -0.39 is 11.4 Å². The van der Waals surface area contributed by atoms with Crippen LogP contribution in [0.25, 0.3) is 27.7 Å². The van der Waals surface area contributed by atoms with Gasteiger partial charge in [-0.3, -0.25) is 9.59 Å². The van der Waals surface area contributed by atoms with Gasteiger partial charge in [-0.2, -0.15) is 0 Å². The first-order chi connectivity index (χ1) is 20.9. The minimum atomic E-state index is -0.648. The number of phenolic OH excluding ortho intramolecular Hbond substituents is 1. The predicted molar refractivity (Wildman–Crippen MR) is 180 cm³/mol. The fraction of sp³-hybridized carbons (Fsp3) is 0.368. The molecule has 0 aromatic heterocycles. The second-order valence-electron chi connectivity index (χ2n) is 11.9. The van der Waals surface area contributed by atoms with Crippen molar-refractivity contribution in [1.82, 2.24) is 0 Å². The summed E-state index contributed by atoms with van der Waals surface area (Å²) in [6, 6.07) is 12.4. The second-order valence-corrected chi connectivity index (χ2v) is 12.3. The largest absolute Gasteiger partial charge is 0.508 e. The third-order valence-electron chi connectivity index (χ3n) is 7.90. The Morgan fingerprint density at radius 1 is 1.11 bits per heavy atom. The quantitative estimate of drug-likeness (QED) is 0.217. The molecule has 4 rings (SSSR count). The van der Waals surface area contributed by atoms with Crippen LogP contribution in [0.1, 0.15) is 84.3 Å². The normalized spacial score (nSPS) is 16.4. The van der Waals surface area contributed by atoms with E-state index in [9.17, 15) is 14.7 Å². The molecule has 0 amide bonds. The van der Waals surface area contributed by atoms with E-state index in [0.29, 0.717) is 46.8 Å². The van der Waals surface area contributed by atoms with E-state index in [4.69, 9.17) is 16.3 Å². The van der Waals surface area contributed by atoms with Gasteiger partial charge in [0.1, 0.15) is 22.9 Å². The van der Waals surface area contributed by atoms with Gasteiger partial charge in [-0.1, -0.05) is 95.6 Å². The van der Waals surface area contributed by atoms with Gasteiger partial charge in [0, 0.05) is 11.1 Å². The smallest absolute Gasteiger partial charge is 0.170 e. The standard InChI is InChI=1S/C34H38ClFO3.C4H6O/c1-6-11-26-28(33-24(8-3)30(38)20-34(39-33,15-7-2)16-14-21(4)5)19-29(35)31(32(26)36)27-18-23(37)17-22-12-9-10-13-25(22)27;1-3-4(2)5/h8-10,12-13,17-19,21,37H,3,6-7,11,14-16,20H2,1-2,4-5H3;3H,1H2,2H3. The topological polar surface area (TPSA) is 63.6 Å². The molecule has 1 unspecified atom stereocenters. The average Bonchev–Trinajstić information content (AvgIpc) is 2.97. The maximum atomic E-state index is 16.6. The highest BCUT2D eigenvalue weighted by molar-refractivity contribution is 6.34. The maximum Gasteiger partial charge on any atom is 0.170 e. The number of carbonyl (C=O) groups is 2. The van der Waals surface area contributed by atoms with E-state index >= 15 is 4.39 Å². The first kappa shape index (κ1) is 34.8. The third-order valence-corrected chi connectivity index (χ3v) is 8.20. The second kappa shape index (κ2) is 15.3. The number of halogens is 2. The van der Waals surface area contributed by atoms with Crippen LogP contribution in [0, 0.1) is 11.7 Å². The van der Waals surface area contributed by atoms with Crippen molar-refractivity contribution in [2.45, 2.75) is 85.2 Å². The van der Waals surface area contributed by atoms with E-state index in [1.807, 2.05) is 31.2 Å². The first-order valence-corrected chi connectivity index (χ1v) is 15.7. The van der Waals surface area contributed by atoms with Crippen molar-refractivity contribution in [2.24, 2.45) is 5.92 Å². The number of hydrogen-bond donors (Lipinski definition) is 1.